The molecule has 3 nitrogen and oxygen atoms in total. The van der Waals surface area contributed by atoms with Gasteiger partial charge in [-0.05, 0) is 41.9 Å². The van der Waals surface area contributed by atoms with E-state index in [4.69, 9.17) is 0 Å². The number of fused-ring (bicyclic) bond motifs is 1. The molecule has 2 rings (SSSR count). The summed E-state index contributed by atoms with van der Waals surface area (Å²) >= 11 is 3.50. The second-order valence-corrected chi connectivity index (χ2v) is 4.38. The summed E-state index contributed by atoms with van der Waals surface area (Å²) < 4.78 is 3.37. The topological polar surface area (TPSA) is 29.9 Å². The van der Waals surface area contributed by atoms with E-state index in [0.29, 0.717) is 0 Å². The van der Waals surface area contributed by atoms with E-state index in [9.17, 15) is 0 Å². The van der Waals surface area contributed by atoms with Crippen LogP contribution in [0, 0.1) is 5.92 Å². The zero-order chi connectivity index (χ0) is 9.26. The molecule has 0 saturated heterocycles. The molecule has 1 aliphatic heterocycles. The number of hydrogen-bond donors (Lipinski definition) is 1. The Morgan fingerprint density at radius 2 is 2.62 bits per heavy atom. The molecule has 0 amide bonds. The van der Waals surface area contributed by atoms with Crippen molar-refractivity contribution >= 4 is 15.9 Å². The Balaban J connectivity index is 2.11. The zero-order valence-electron chi connectivity index (χ0n) is 7.76. The number of rotatable bonds is 2. The molecule has 1 aromatic heterocycles. The van der Waals surface area contributed by atoms with Gasteiger partial charge in [0, 0.05) is 13.0 Å². The predicted octanol–water partition coefficient (Wildman–Crippen LogP) is 1.43. The standard InChI is InChI=1S/C9H14BrN3/c1-11-5-7-2-3-13-8(10)6-12-9(13)4-7/h6-7,11H,2-5H2,1H3. The number of nitrogens with zero attached hydrogens (tertiary/aromatic N) is 2. The van der Waals surface area contributed by atoms with Gasteiger partial charge in [-0.15, -0.1) is 0 Å². The number of nitrogens with one attached hydrogen (secondary N) is 1. The van der Waals surface area contributed by atoms with E-state index in [1.165, 1.54) is 12.2 Å². The number of hydrogen-bond acceptors (Lipinski definition) is 2. The highest BCUT2D eigenvalue weighted by Gasteiger charge is 2.20. The maximum atomic E-state index is 4.38. The largest absolute Gasteiger partial charge is 0.323 e. The Labute approximate surface area is 86.7 Å². The van der Waals surface area contributed by atoms with Gasteiger partial charge in [0.15, 0.2) is 0 Å². The van der Waals surface area contributed by atoms with Crippen LogP contribution in [0.4, 0.5) is 0 Å². The van der Waals surface area contributed by atoms with Crippen molar-refractivity contribution < 1.29 is 0 Å². The van der Waals surface area contributed by atoms with E-state index in [2.05, 4.69) is 30.8 Å². The van der Waals surface area contributed by atoms with E-state index in [1.54, 1.807) is 0 Å². The fraction of sp³-hybridized carbons (Fsp3) is 0.667. The first-order chi connectivity index (χ1) is 6.31. The van der Waals surface area contributed by atoms with Gasteiger partial charge >= 0.3 is 0 Å². The molecule has 1 N–H and O–H groups in total. The van der Waals surface area contributed by atoms with Gasteiger partial charge in [0.25, 0.3) is 0 Å². The van der Waals surface area contributed by atoms with E-state index in [1.807, 2.05) is 13.2 Å². The summed E-state index contributed by atoms with van der Waals surface area (Å²) in [7, 11) is 2.01. The van der Waals surface area contributed by atoms with Crippen molar-refractivity contribution in [1.82, 2.24) is 14.9 Å². The molecule has 0 aliphatic carbocycles. The van der Waals surface area contributed by atoms with Crippen LogP contribution in [-0.4, -0.2) is 23.1 Å². The Hall–Kier alpha value is -0.350. The van der Waals surface area contributed by atoms with Crippen LogP contribution in [0.1, 0.15) is 12.2 Å². The number of imidazole rings is 1. The molecule has 1 aliphatic rings. The lowest BCUT2D eigenvalue weighted by molar-refractivity contribution is 0.369. The summed E-state index contributed by atoms with van der Waals surface area (Å²) in [6.07, 6.45) is 4.26. The third kappa shape index (κ3) is 1.79. The van der Waals surface area contributed by atoms with Gasteiger partial charge in [-0.3, -0.25) is 0 Å². The lowest BCUT2D eigenvalue weighted by Gasteiger charge is -2.23. The Morgan fingerprint density at radius 1 is 1.77 bits per heavy atom. The first kappa shape index (κ1) is 9.21. The molecule has 2 heterocycles. The minimum atomic E-state index is 0.756. The van der Waals surface area contributed by atoms with Gasteiger partial charge in [-0.25, -0.2) is 4.98 Å². The molecule has 0 bridgehead atoms. The van der Waals surface area contributed by atoms with Crippen LogP contribution in [0.5, 0.6) is 0 Å². The van der Waals surface area contributed by atoms with Crippen LogP contribution in [0.15, 0.2) is 10.8 Å². The summed E-state index contributed by atoms with van der Waals surface area (Å²) in [6.45, 7) is 2.20. The zero-order valence-corrected chi connectivity index (χ0v) is 9.34. The van der Waals surface area contributed by atoms with Gasteiger partial charge in [0.1, 0.15) is 10.4 Å². The van der Waals surface area contributed by atoms with Crippen molar-refractivity contribution in [2.45, 2.75) is 19.4 Å². The van der Waals surface area contributed by atoms with Gasteiger partial charge in [0.05, 0.1) is 6.20 Å². The van der Waals surface area contributed by atoms with E-state index >= 15 is 0 Å². The Morgan fingerprint density at radius 3 is 3.38 bits per heavy atom. The molecule has 0 spiro atoms. The van der Waals surface area contributed by atoms with Crippen molar-refractivity contribution in [3.8, 4) is 0 Å². The second-order valence-electron chi connectivity index (χ2n) is 3.57. The van der Waals surface area contributed by atoms with Crippen LogP contribution in [-0.2, 0) is 13.0 Å². The summed E-state index contributed by atoms with van der Waals surface area (Å²) in [4.78, 5) is 4.38. The van der Waals surface area contributed by atoms with Crippen molar-refractivity contribution in [2.24, 2.45) is 5.92 Å². The van der Waals surface area contributed by atoms with Crippen molar-refractivity contribution in [3.05, 3.63) is 16.6 Å². The molecule has 0 aromatic carbocycles. The van der Waals surface area contributed by atoms with E-state index < -0.39 is 0 Å². The Kier molecular flexibility index (Phi) is 2.69. The fourth-order valence-electron chi connectivity index (χ4n) is 1.92. The number of aromatic nitrogens is 2. The van der Waals surface area contributed by atoms with Crippen molar-refractivity contribution in [2.75, 3.05) is 13.6 Å². The van der Waals surface area contributed by atoms with Crippen LogP contribution in [0.25, 0.3) is 0 Å². The fourth-order valence-corrected chi connectivity index (χ4v) is 2.41. The molecule has 0 radical (unpaired) electrons. The quantitative estimate of drug-likeness (QED) is 0.852. The SMILES string of the molecule is CNCC1CCn2c(Br)cnc2C1. The highest BCUT2D eigenvalue weighted by molar-refractivity contribution is 9.10. The van der Waals surface area contributed by atoms with E-state index in [-0.39, 0.29) is 0 Å². The summed E-state index contributed by atoms with van der Waals surface area (Å²) in [6, 6.07) is 0. The van der Waals surface area contributed by atoms with Crippen molar-refractivity contribution in [3.63, 3.8) is 0 Å². The maximum Gasteiger partial charge on any atom is 0.109 e. The summed E-state index contributed by atoms with van der Waals surface area (Å²) in [5, 5.41) is 3.23. The lowest BCUT2D eigenvalue weighted by Crippen LogP contribution is -2.27. The summed E-state index contributed by atoms with van der Waals surface area (Å²) in [5.74, 6) is 1.98. The molecule has 72 valence electrons. The molecule has 13 heavy (non-hydrogen) atoms. The molecule has 0 fully saturated rings. The molecule has 1 atom stereocenters. The average Bonchev–Trinajstić information content (AvgIpc) is 2.48. The summed E-state index contributed by atoms with van der Waals surface area (Å²) in [5.41, 5.74) is 0. The molecule has 1 unspecified atom stereocenters. The van der Waals surface area contributed by atoms with Crippen LogP contribution in [0.2, 0.25) is 0 Å². The average molecular weight is 244 g/mol. The smallest absolute Gasteiger partial charge is 0.109 e. The predicted molar refractivity (Wildman–Crippen MR) is 55.7 cm³/mol. The minimum Gasteiger partial charge on any atom is -0.323 e. The minimum absolute atomic E-state index is 0.756. The van der Waals surface area contributed by atoms with Gasteiger partial charge in [-0.1, -0.05) is 0 Å². The normalized spacial score (nSPS) is 21.5. The van der Waals surface area contributed by atoms with Crippen LogP contribution < -0.4 is 5.32 Å². The molecular formula is C9H14BrN3. The molecule has 4 heteroatoms. The first-order valence-corrected chi connectivity index (χ1v) is 5.45. The molecule has 1 aromatic rings. The molecular weight excluding hydrogens is 230 g/mol. The highest BCUT2D eigenvalue weighted by Crippen LogP contribution is 2.23. The van der Waals surface area contributed by atoms with Crippen LogP contribution in [0.3, 0.4) is 0 Å². The number of halogens is 1. The van der Waals surface area contributed by atoms with Gasteiger partial charge in [-0.2, -0.15) is 0 Å². The third-order valence-electron chi connectivity index (χ3n) is 2.61. The van der Waals surface area contributed by atoms with Crippen molar-refractivity contribution in [1.29, 1.82) is 0 Å². The first-order valence-electron chi connectivity index (χ1n) is 4.65. The third-order valence-corrected chi connectivity index (χ3v) is 3.25. The Bertz CT molecular complexity index is 295. The monoisotopic (exact) mass is 243 g/mol. The highest BCUT2D eigenvalue weighted by atomic mass is 79.9. The second kappa shape index (κ2) is 3.80. The lowest BCUT2D eigenvalue weighted by atomic mass is 9.98. The van der Waals surface area contributed by atoms with Gasteiger partial charge in [0.2, 0.25) is 0 Å². The van der Waals surface area contributed by atoms with E-state index in [0.717, 1.165) is 30.0 Å². The maximum absolute atomic E-state index is 4.38. The van der Waals surface area contributed by atoms with Gasteiger partial charge < -0.3 is 9.88 Å². The van der Waals surface area contributed by atoms with Crippen LogP contribution >= 0.6 is 15.9 Å². The molecule has 0 saturated carbocycles.